The molecule has 106 valence electrons. The highest BCUT2D eigenvalue weighted by Crippen LogP contribution is 2.36. The van der Waals surface area contributed by atoms with Gasteiger partial charge in [-0.2, -0.15) is 0 Å². The molecule has 1 aliphatic carbocycles. The van der Waals surface area contributed by atoms with Crippen LogP contribution in [0.5, 0.6) is 0 Å². The van der Waals surface area contributed by atoms with Crippen LogP contribution in [-0.2, 0) is 9.53 Å². The molecule has 2 N–H and O–H groups in total. The van der Waals surface area contributed by atoms with Crippen LogP contribution in [0.1, 0.15) is 33.1 Å². The Morgan fingerprint density at radius 1 is 1.42 bits per heavy atom. The summed E-state index contributed by atoms with van der Waals surface area (Å²) < 4.78 is 5.34. The Morgan fingerprint density at radius 3 is 2.79 bits per heavy atom. The zero-order valence-corrected chi connectivity index (χ0v) is 11.5. The number of carbonyl (C=O) groups excluding carboxylic acids is 1. The summed E-state index contributed by atoms with van der Waals surface area (Å²) >= 11 is 0. The van der Waals surface area contributed by atoms with Gasteiger partial charge >= 0.3 is 5.97 Å². The third kappa shape index (κ3) is 2.90. The first-order valence-electron chi connectivity index (χ1n) is 6.81. The lowest BCUT2D eigenvalue weighted by Gasteiger charge is -2.27. The molecule has 0 bridgehead atoms. The Bertz CT molecular complexity index is 412. The zero-order chi connectivity index (χ0) is 14.2. The second-order valence-electron chi connectivity index (χ2n) is 5.76. The summed E-state index contributed by atoms with van der Waals surface area (Å²) in [5, 5.41) is 20.3. The van der Waals surface area contributed by atoms with Crippen molar-refractivity contribution < 1.29 is 19.7 Å². The highest BCUT2D eigenvalue weighted by molar-refractivity contribution is 5.75. The van der Waals surface area contributed by atoms with Gasteiger partial charge in [0.1, 0.15) is 6.10 Å². The SMILES string of the molecule is C=C1CC(O)C2C(/C=C(/C)CCC1O)OC(=O)C2C. The molecule has 1 heterocycles. The number of esters is 1. The van der Waals surface area contributed by atoms with Gasteiger partial charge in [0, 0.05) is 5.92 Å². The van der Waals surface area contributed by atoms with E-state index in [2.05, 4.69) is 6.58 Å². The normalized spacial score (nSPS) is 43.2. The Balaban J connectivity index is 2.30. The number of rotatable bonds is 0. The topological polar surface area (TPSA) is 66.8 Å². The van der Waals surface area contributed by atoms with Gasteiger partial charge in [-0.15, -0.1) is 0 Å². The van der Waals surface area contributed by atoms with E-state index in [4.69, 9.17) is 4.74 Å². The van der Waals surface area contributed by atoms with E-state index in [0.717, 1.165) is 12.0 Å². The van der Waals surface area contributed by atoms with Crippen molar-refractivity contribution in [3.63, 3.8) is 0 Å². The van der Waals surface area contributed by atoms with E-state index in [9.17, 15) is 15.0 Å². The minimum Gasteiger partial charge on any atom is -0.457 e. The molecule has 2 rings (SSSR count). The quantitative estimate of drug-likeness (QED) is 0.516. The first-order valence-corrected chi connectivity index (χ1v) is 6.81. The molecule has 0 saturated carbocycles. The first-order chi connectivity index (χ1) is 8.90. The molecule has 1 aliphatic heterocycles. The van der Waals surface area contributed by atoms with Crippen molar-refractivity contribution in [2.24, 2.45) is 11.8 Å². The van der Waals surface area contributed by atoms with Crippen LogP contribution in [0.4, 0.5) is 0 Å². The van der Waals surface area contributed by atoms with Gasteiger partial charge in [0.2, 0.25) is 0 Å². The van der Waals surface area contributed by atoms with Gasteiger partial charge in [0.05, 0.1) is 18.1 Å². The Hall–Kier alpha value is -1.13. The van der Waals surface area contributed by atoms with Crippen LogP contribution in [0, 0.1) is 11.8 Å². The third-order valence-corrected chi connectivity index (χ3v) is 4.23. The molecule has 4 heteroatoms. The Kier molecular flexibility index (Phi) is 4.11. The number of carbonyl (C=O) groups is 1. The maximum absolute atomic E-state index is 11.7. The smallest absolute Gasteiger partial charge is 0.309 e. The van der Waals surface area contributed by atoms with Gasteiger partial charge in [-0.3, -0.25) is 4.79 Å². The van der Waals surface area contributed by atoms with Gasteiger partial charge in [0.15, 0.2) is 0 Å². The number of fused-ring (bicyclic) bond motifs is 1. The molecular formula is C15H22O4. The van der Waals surface area contributed by atoms with Crippen molar-refractivity contribution in [1.29, 1.82) is 0 Å². The van der Waals surface area contributed by atoms with Crippen LogP contribution >= 0.6 is 0 Å². The molecule has 0 aromatic carbocycles. The summed E-state index contributed by atoms with van der Waals surface area (Å²) in [5.74, 6) is -0.846. The summed E-state index contributed by atoms with van der Waals surface area (Å²) in [5.41, 5.74) is 1.70. The van der Waals surface area contributed by atoms with Crippen LogP contribution in [0.25, 0.3) is 0 Å². The second-order valence-corrected chi connectivity index (χ2v) is 5.76. The molecule has 0 amide bonds. The molecule has 19 heavy (non-hydrogen) atoms. The average Bonchev–Trinajstić information content (AvgIpc) is 2.60. The summed E-state index contributed by atoms with van der Waals surface area (Å²) in [6.45, 7) is 7.59. The summed E-state index contributed by atoms with van der Waals surface area (Å²) in [6, 6.07) is 0. The molecule has 5 unspecified atom stereocenters. The maximum Gasteiger partial charge on any atom is 0.309 e. The molecule has 0 aromatic heterocycles. The number of hydrogen-bond donors (Lipinski definition) is 2. The first kappa shape index (κ1) is 14.3. The second kappa shape index (κ2) is 5.47. The van der Waals surface area contributed by atoms with Crippen molar-refractivity contribution in [3.05, 3.63) is 23.8 Å². The molecule has 2 aliphatic rings. The van der Waals surface area contributed by atoms with E-state index >= 15 is 0 Å². The minimum atomic E-state index is -0.712. The monoisotopic (exact) mass is 266 g/mol. The van der Waals surface area contributed by atoms with Crippen molar-refractivity contribution in [3.8, 4) is 0 Å². The average molecular weight is 266 g/mol. The predicted octanol–water partition coefficient (Wildman–Crippen LogP) is 1.57. The number of hydrogen-bond acceptors (Lipinski definition) is 4. The largest absolute Gasteiger partial charge is 0.457 e. The van der Waals surface area contributed by atoms with Gasteiger partial charge in [-0.1, -0.05) is 19.1 Å². The van der Waals surface area contributed by atoms with E-state index in [0.29, 0.717) is 18.4 Å². The van der Waals surface area contributed by atoms with Gasteiger partial charge in [-0.05, 0) is 37.8 Å². The van der Waals surface area contributed by atoms with Gasteiger partial charge in [-0.25, -0.2) is 0 Å². The Labute approximate surface area is 113 Å². The predicted molar refractivity (Wildman–Crippen MR) is 71.3 cm³/mol. The van der Waals surface area contributed by atoms with Crippen molar-refractivity contribution in [2.75, 3.05) is 0 Å². The van der Waals surface area contributed by atoms with Crippen LogP contribution in [0.15, 0.2) is 23.8 Å². The Morgan fingerprint density at radius 2 is 2.11 bits per heavy atom. The fourth-order valence-corrected chi connectivity index (χ4v) is 2.93. The highest BCUT2D eigenvalue weighted by Gasteiger charge is 2.45. The van der Waals surface area contributed by atoms with Crippen molar-refractivity contribution >= 4 is 5.97 Å². The highest BCUT2D eigenvalue weighted by atomic mass is 16.6. The lowest BCUT2D eigenvalue weighted by molar-refractivity contribution is -0.142. The van der Waals surface area contributed by atoms with Crippen LogP contribution in [-0.4, -0.2) is 34.5 Å². The van der Waals surface area contributed by atoms with E-state index < -0.39 is 12.2 Å². The van der Waals surface area contributed by atoms with Gasteiger partial charge < -0.3 is 14.9 Å². The molecule has 5 atom stereocenters. The van der Waals surface area contributed by atoms with Crippen LogP contribution < -0.4 is 0 Å². The van der Waals surface area contributed by atoms with Crippen molar-refractivity contribution in [1.82, 2.24) is 0 Å². The zero-order valence-electron chi connectivity index (χ0n) is 11.5. The van der Waals surface area contributed by atoms with Crippen molar-refractivity contribution in [2.45, 2.75) is 51.4 Å². The molecule has 1 fully saturated rings. The van der Waals surface area contributed by atoms with E-state index in [1.165, 1.54) is 0 Å². The van der Waals surface area contributed by atoms with E-state index in [1.807, 2.05) is 13.0 Å². The van der Waals surface area contributed by atoms with Gasteiger partial charge in [0.25, 0.3) is 0 Å². The van der Waals surface area contributed by atoms with Crippen LogP contribution in [0.2, 0.25) is 0 Å². The number of allylic oxidation sites excluding steroid dienone is 1. The lowest BCUT2D eigenvalue weighted by atomic mass is 9.81. The molecule has 0 spiro atoms. The number of aliphatic hydroxyl groups is 2. The summed E-state index contributed by atoms with van der Waals surface area (Å²) in [4.78, 5) is 11.7. The molecule has 4 nitrogen and oxygen atoms in total. The fourth-order valence-electron chi connectivity index (χ4n) is 2.93. The number of ether oxygens (including phenoxy) is 1. The lowest BCUT2D eigenvalue weighted by Crippen LogP contribution is -2.33. The third-order valence-electron chi connectivity index (χ3n) is 4.23. The maximum atomic E-state index is 11.7. The standard InChI is InChI=1S/C15H22O4/c1-8-4-5-11(16)9(2)7-12(17)14-10(3)15(18)19-13(14)6-8/h6,10-14,16-17H,2,4-5,7H2,1,3H3/b8-6-. The summed E-state index contributed by atoms with van der Waals surface area (Å²) in [6.07, 6.45) is 1.89. The minimum absolute atomic E-state index is 0.260. The van der Waals surface area contributed by atoms with E-state index in [1.54, 1.807) is 6.92 Å². The molecule has 0 aromatic rings. The molecule has 1 saturated heterocycles. The number of aliphatic hydroxyl groups excluding tert-OH is 2. The summed E-state index contributed by atoms with van der Waals surface area (Å²) in [7, 11) is 0. The molecule has 0 radical (unpaired) electrons. The molecular weight excluding hydrogens is 244 g/mol. The van der Waals surface area contributed by atoms with E-state index in [-0.39, 0.29) is 23.9 Å². The fraction of sp³-hybridized carbons (Fsp3) is 0.667. The van der Waals surface area contributed by atoms with Crippen LogP contribution in [0.3, 0.4) is 0 Å².